The van der Waals surface area contributed by atoms with Crippen molar-refractivity contribution in [2.45, 2.75) is 6.10 Å². The van der Waals surface area contributed by atoms with Crippen molar-refractivity contribution in [2.75, 3.05) is 25.6 Å². The van der Waals surface area contributed by atoms with Crippen molar-refractivity contribution < 1.29 is 9.53 Å². The summed E-state index contributed by atoms with van der Waals surface area (Å²) in [6.07, 6.45) is 1.46. The highest BCUT2D eigenvalue weighted by Crippen LogP contribution is 2.10. The molecule has 1 amide bonds. The molecule has 0 bridgehead atoms. The monoisotopic (exact) mass is 270 g/mol. The van der Waals surface area contributed by atoms with Crippen LogP contribution in [0.4, 0.5) is 0 Å². The quantitative estimate of drug-likeness (QED) is 0.734. The smallest absolute Gasteiger partial charge is 0.254 e. The van der Waals surface area contributed by atoms with E-state index in [1.807, 2.05) is 0 Å². The van der Waals surface area contributed by atoms with Gasteiger partial charge in [-0.1, -0.05) is 0 Å². The molecule has 2 rings (SSSR count). The number of pyridine rings is 1. The SMILES string of the molecule is Cn1ccc(C(=O)N2CCOC(CCl)C2)cc1=O. The van der Waals surface area contributed by atoms with Gasteiger partial charge in [0.2, 0.25) is 0 Å². The Bertz CT molecular complexity index is 500. The summed E-state index contributed by atoms with van der Waals surface area (Å²) in [4.78, 5) is 25.4. The summed E-state index contributed by atoms with van der Waals surface area (Å²) in [5.41, 5.74) is 0.219. The maximum absolute atomic E-state index is 12.2. The number of aryl methyl sites for hydroxylation is 1. The molecule has 98 valence electrons. The van der Waals surface area contributed by atoms with Crippen molar-refractivity contribution in [2.24, 2.45) is 7.05 Å². The fraction of sp³-hybridized carbons (Fsp3) is 0.500. The lowest BCUT2D eigenvalue weighted by Crippen LogP contribution is -2.46. The van der Waals surface area contributed by atoms with E-state index in [0.29, 0.717) is 31.1 Å². The molecule has 1 fully saturated rings. The highest BCUT2D eigenvalue weighted by atomic mass is 35.5. The maximum atomic E-state index is 12.2. The van der Waals surface area contributed by atoms with Crippen molar-refractivity contribution in [1.82, 2.24) is 9.47 Å². The fourth-order valence-electron chi connectivity index (χ4n) is 1.86. The van der Waals surface area contributed by atoms with Crippen LogP contribution in [0.1, 0.15) is 10.4 Å². The lowest BCUT2D eigenvalue weighted by Gasteiger charge is -2.32. The molecule has 0 N–H and O–H groups in total. The third-order valence-electron chi connectivity index (χ3n) is 2.95. The van der Waals surface area contributed by atoms with Gasteiger partial charge in [0, 0.05) is 38.0 Å². The van der Waals surface area contributed by atoms with Gasteiger partial charge in [-0.2, -0.15) is 0 Å². The third-order valence-corrected chi connectivity index (χ3v) is 3.29. The van der Waals surface area contributed by atoms with Crippen molar-refractivity contribution in [3.8, 4) is 0 Å². The summed E-state index contributed by atoms with van der Waals surface area (Å²) in [6, 6.07) is 3.00. The lowest BCUT2D eigenvalue weighted by molar-refractivity contribution is -0.0108. The zero-order valence-corrected chi connectivity index (χ0v) is 10.9. The average Bonchev–Trinajstić information content (AvgIpc) is 2.41. The molecule has 2 heterocycles. The van der Waals surface area contributed by atoms with Gasteiger partial charge in [-0.05, 0) is 6.07 Å². The molecule has 0 aromatic carbocycles. The van der Waals surface area contributed by atoms with Crippen LogP contribution in [-0.4, -0.2) is 47.1 Å². The van der Waals surface area contributed by atoms with Crippen LogP contribution >= 0.6 is 11.6 Å². The highest BCUT2D eigenvalue weighted by Gasteiger charge is 2.24. The molecule has 0 saturated carbocycles. The minimum atomic E-state index is -0.192. The van der Waals surface area contributed by atoms with E-state index < -0.39 is 0 Å². The van der Waals surface area contributed by atoms with Gasteiger partial charge in [-0.25, -0.2) is 0 Å². The minimum absolute atomic E-state index is 0.129. The van der Waals surface area contributed by atoms with Crippen molar-refractivity contribution in [3.05, 3.63) is 34.2 Å². The number of carbonyl (C=O) groups is 1. The van der Waals surface area contributed by atoms with Crippen molar-refractivity contribution >= 4 is 17.5 Å². The Morgan fingerprint density at radius 1 is 1.61 bits per heavy atom. The molecular formula is C12H15ClN2O3. The van der Waals surface area contributed by atoms with Gasteiger partial charge in [0.1, 0.15) is 0 Å². The Morgan fingerprint density at radius 2 is 2.39 bits per heavy atom. The average molecular weight is 271 g/mol. The van der Waals surface area contributed by atoms with Crippen LogP contribution in [0, 0.1) is 0 Å². The Hall–Kier alpha value is -1.33. The fourth-order valence-corrected chi connectivity index (χ4v) is 2.05. The molecule has 18 heavy (non-hydrogen) atoms. The minimum Gasteiger partial charge on any atom is -0.373 e. The summed E-state index contributed by atoms with van der Waals surface area (Å²) in [5.74, 6) is 0.214. The van der Waals surface area contributed by atoms with E-state index in [1.54, 1.807) is 24.2 Å². The summed E-state index contributed by atoms with van der Waals surface area (Å²) in [7, 11) is 1.65. The number of hydrogen-bond acceptors (Lipinski definition) is 3. The van der Waals surface area contributed by atoms with E-state index in [2.05, 4.69) is 0 Å². The van der Waals surface area contributed by atoms with E-state index in [4.69, 9.17) is 16.3 Å². The number of hydrogen-bond donors (Lipinski definition) is 0. The molecule has 0 radical (unpaired) electrons. The predicted octanol–water partition coefficient (Wildman–Crippen LogP) is 0.465. The molecule has 1 aliphatic heterocycles. The van der Waals surface area contributed by atoms with Crippen LogP contribution < -0.4 is 5.56 Å². The molecule has 6 heteroatoms. The van der Waals surface area contributed by atoms with Gasteiger partial charge in [-0.15, -0.1) is 11.6 Å². The van der Waals surface area contributed by atoms with Crippen molar-refractivity contribution in [3.63, 3.8) is 0 Å². The molecule has 0 spiro atoms. The van der Waals surface area contributed by atoms with E-state index >= 15 is 0 Å². The summed E-state index contributed by atoms with van der Waals surface area (Å²) < 4.78 is 6.82. The van der Waals surface area contributed by atoms with Crippen LogP contribution in [0.15, 0.2) is 23.1 Å². The van der Waals surface area contributed by atoms with Crippen LogP contribution in [-0.2, 0) is 11.8 Å². The second kappa shape index (κ2) is 5.54. The maximum Gasteiger partial charge on any atom is 0.254 e. The van der Waals surface area contributed by atoms with Gasteiger partial charge in [-0.3, -0.25) is 9.59 Å². The van der Waals surface area contributed by atoms with Gasteiger partial charge >= 0.3 is 0 Å². The molecule has 0 aliphatic carbocycles. The summed E-state index contributed by atoms with van der Waals surface area (Å²) in [6.45, 7) is 1.48. The zero-order valence-electron chi connectivity index (χ0n) is 10.1. The molecule has 1 atom stereocenters. The third kappa shape index (κ3) is 2.73. The Morgan fingerprint density at radius 3 is 3.06 bits per heavy atom. The predicted molar refractivity (Wildman–Crippen MR) is 68.0 cm³/mol. The first-order valence-electron chi connectivity index (χ1n) is 5.75. The number of nitrogens with zero attached hydrogens (tertiary/aromatic N) is 2. The number of aromatic nitrogens is 1. The number of rotatable bonds is 2. The molecule has 1 aliphatic rings. The molecule has 1 unspecified atom stereocenters. The molecule has 1 saturated heterocycles. The first-order valence-corrected chi connectivity index (χ1v) is 6.29. The van der Waals surface area contributed by atoms with Crippen LogP contribution in [0.3, 0.4) is 0 Å². The highest BCUT2D eigenvalue weighted by molar-refractivity contribution is 6.18. The van der Waals surface area contributed by atoms with Crippen LogP contribution in [0.2, 0.25) is 0 Å². The number of amides is 1. The Balaban J connectivity index is 2.15. The molecule has 5 nitrogen and oxygen atoms in total. The lowest BCUT2D eigenvalue weighted by atomic mass is 10.2. The number of alkyl halides is 1. The van der Waals surface area contributed by atoms with E-state index in [1.165, 1.54) is 10.6 Å². The summed E-state index contributed by atoms with van der Waals surface area (Å²) in [5, 5.41) is 0. The van der Waals surface area contributed by atoms with Gasteiger partial charge in [0.05, 0.1) is 18.6 Å². The van der Waals surface area contributed by atoms with Crippen LogP contribution in [0.25, 0.3) is 0 Å². The second-order valence-corrected chi connectivity index (χ2v) is 4.57. The Labute approximate surface area is 110 Å². The van der Waals surface area contributed by atoms with Crippen molar-refractivity contribution in [1.29, 1.82) is 0 Å². The standard InChI is InChI=1S/C12H15ClN2O3/c1-14-3-2-9(6-11(14)16)12(17)15-4-5-18-10(7-13)8-15/h2-3,6,10H,4-5,7-8H2,1H3. The van der Waals surface area contributed by atoms with E-state index in [9.17, 15) is 9.59 Å². The zero-order chi connectivity index (χ0) is 13.1. The van der Waals surface area contributed by atoms with E-state index in [0.717, 1.165) is 0 Å². The topological polar surface area (TPSA) is 51.5 Å². The largest absolute Gasteiger partial charge is 0.373 e. The molecular weight excluding hydrogens is 256 g/mol. The molecule has 1 aromatic heterocycles. The van der Waals surface area contributed by atoms with Gasteiger partial charge in [0.15, 0.2) is 0 Å². The number of carbonyl (C=O) groups excluding carboxylic acids is 1. The Kier molecular flexibility index (Phi) is 4.04. The van der Waals surface area contributed by atoms with Crippen LogP contribution in [0.5, 0.6) is 0 Å². The first kappa shape index (κ1) is 13.1. The number of morpholine rings is 1. The number of halogens is 1. The number of ether oxygens (including phenoxy) is 1. The van der Waals surface area contributed by atoms with E-state index in [-0.39, 0.29) is 17.6 Å². The first-order chi connectivity index (χ1) is 8.61. The second-order valence-electron chi connectivity index (χ2n) is 4.26. The summed E-state index contributed by atoms with van der Waals surface area (Å²) >= 11 is 5.73. The van der Waals surface area contributed by atoms with Gasteiger partial charge in [0.25, 0.3) is 11.5 Å². The molecule has 1 aromatic rings. The normalized spacial score (nSPS) is 19.9. The van der Waals surface area contributed by atoms with Gasteiger partial charge < -0.3 is 14.2 Å².